The quantitative estimate of drug-likeness (QED) is 0.835. The van der Waals surface area contributed by atoms with E-state index in [1.54, 1.807) is 0 Å². The van der Waals surface area contributed by atoms with Crippen LogP contribution < -0.4 is 0 Å². The summed E-state index contributed by atoms with van der Waals surface area (Å²) < 4.78 is 2.03. The van der Waals surface area contributed by atoms with Crippen LogP contribution in [0.1, 0.15) is 56.7 Å². The zero-order valence-electron chi connectivity index (χ0n) is 11.1. The Bertz CT molecular complexity index is 342. The number of hydrogen-bond acceptors (Lipinski definition) is 2. The van der Waals surface area contributed by atoms with E-state index in [0.717, 1.165) is 36.3 Å². The van der Waals surface area contributed by atoms with Gasteiger partial charge in [-0.2, -0.15) is 5.10 Å². The first-order valence-electron chi connectivity index (χ1n) is 6.19. The number of hydrogen-bond donors (Lipinski definition) is 1. The summed E-state index contributed by atoms with van der Waals surface area (Å²) in [5.74, 6) is 0.684. The highest BCUT2D eigenvalue weighted by Gasteiger charge is 2.17. The summed E-state index contributed by atoms with van der Waals surface area (Å²) >= 11 is 0. The topological polar surface area (TPSA) is 38.1 Å². The molecule has 92 valence electrons. The summed E-state index contributed by atoms with van der Waals surface area (Å²) in [4.78, 5) is 0. The second-order valence-electron chi connectivity index (χ2n) is 4.91. The average molecular weight is 224 g/mol. The van der Waals surface area contributed by atoms with Gasteiger partial charge in [-0.15, -0.1) is 0 Å². The number of rotatable bonds is 5. The smallest absolute Gasteiger partial charge is 0.0823 e. The molecular formula is C13H24N2O. The van der Waals surface area contributed by atoms with Crippen molar-refractivity contribution >= 4 is 0 Å². The van der Waals surface area contributed by atoms with E-state index in [0.29, 0.717) is 5.92 Å². The van der Waals surface area contributed by atoms with Gasteiger partial charge in [-0.25, -0.2) is 0 Å². The Morgan fingerprint density at radius 3 is 2.44 bits per heavy atom. The van der Waals surface area contributed by atoms with Crippen LogP contribution in [0.4, 0.5) is 0 Å². The van der Waals surface area contributed by atoms with E-state index in [4.69, 9.17) is 0 Å². The molecule has 0 fully saturated rings. The Hall–Kier alpha value is -0.830. The van der Waals surface area contributed by atoms with Gasteiger partial charge in [0.1, 0.15) is 0 Å². The maximum absolute atomic E-state index is 9.93. The molecule has 0 saturated carbocycles. The zero-order chi connectivity index (χ0) is 12.3. The molecule has 0 aromatic carbocycles. The van der Waals surface area contributed by atoms with Crippen molar-refractivity contribution in [2.75, 3.05) is 0 Å². The molecule has 1 aromatic heterocycles. The molecule has 0 bridgehead atoms. The van der Waals surface area contributed by atoms with Crippen molar-refractivity contribution in [1.82, 2.24) is 9.78 Å². The third kappa shape index (κ3) is 2.85. The first-order valence-corrected chi connectivity index (χ1v) is 6.19. The van der Waals surface area contributed by atoms with E-state index in [-0.39, 0.29) is 6.10 Å². The predicted octanol–water partition coefficient (Wildman–Crippen LogP) is 2.99. The predicted molar refractivity (Wildman–Crippen MR) is 66.4 cm³/mol. The normalized spacial score (nSPS) is 13.4. The molecule has 1 N–H and O–H groups in total. The first kappa shape index (κ1) is 13.2. The Morgan fingerprint density at radius 2 is 1.94 bits per heavy atom. The van der Waals surface area contributed by atoms with E-state index in [1.165, 1.54) is 0 Å². The molecule has 1 atom stereocenters. The molecule has 0 aliphatic heterocycles. The van der Waals surface area contributed by atoms with E-state index < -0.39 is 0 Å². The summed E-state index contributed by atoms with van der Waals surface area (Å²) in [5, 5.41) is 14.4. The summed E-state index contributed by atoms with van der Waals surface area (Å²) in [6.45, 7) is 11.4. The largest absolute Gasteiger partial charge is 0.388 e. The van der Waals surface area contributed by atoms with Crippen molar-refractivity contribution in [2.45, 2.75) is 60.1 Å². The molecule has 0 spiro atoms. The fourth-order valence-corrected chi connectivity index (χ4v) is 2.00. The summed E-state index contributed by atoms with van der Waals surface area (Å²) in [6.07, 6.45) is 1.51. The number of aliphatic hydroxyl groups excluding tert-OH is 1. The maximum atomic E-state index is 9.93. The number of aliphatic hydroxyl groups is 1. The third-order valence-electron chi connectivity index (χ3n) is 3.08. The van der Waals surface area contributed by atoms with Crippen LogP contribution in [-0.4, -0.2) is 14.9 Å². The molecule has 1 rings (SSSR count). The van der Waals surface area contributed by atoms with E-state index in [2.05, 4.69) is 25.9 Å². The minimum atomic E-state index is -0.368. The third-order valence-corrected chi connectivity index (χ3v) is 3.08. The lowest BCUT2D eigenvalue weighted by Gasteiger charge is -2.10. The van der Waals surface area contributed by atoms with Crippen molar-refractivity contribution in [3.63, 3.8) is 0 Å². The molecule has 1 heterocycles. The summed E-state index contributed by atoms with van der Waals surface area (Å²) in [5.41, 5.74) is 3.11. The van der Waals surface area contributed by atoms with E-state index in [1.807, 2.05) is 18.5 Å². The molecule has 1 aromatic rings. The zero-order valence-corrected chi connectivity index (χ0v) is 11.1. The Labute approximate surface area is 98.5 Å². The Balaban J connectivity index is 2.88. The molecule has 16 heavy (non-hydrogen) atoms. The lowest BCUT2D eigenvalue weighted by molar-refractivity contribution is 0.172. The molecule has 0 amide bonds. The number of nitrogens with zero attached hydrogens (tertiary/aromatic N) is 2. The molecule has 0 saturated heterocycles. The highest BCUT2D eigenvalue weighted by Crippen LogP contribution is 2.24. The van der Waals surface area contributed by atoms with Crippen molar-refractivity contribution < 1.29 is 5.11 Å². The van der Waals surface area contributed by atoms with Gasteiger partial charge in [0, 0.05) is 17.8 Å². The van der Waals surface area contributed by atoms with Gasteiger partial charge in [0.05, 0.1) is 11.8 Å². The number of aromatic nitrogens is 2. The number of aryl methyl sites for hydroxylation is 2. The Kier molecular flexibility index (Phi) is 4.54. The van der Waals surface area contributed by atoms with Gasteiger partial charge in [-0.05, 0) is 32.6 Å². The van der Waals surface area contributed by atoms with Crippen LogP contribution in [0.15, 0.2) is 0 Å². The minimum absolute atomic E-state index is 0.368. The van der Waals surface area contributed by atoms with E-state index >= 15 is 0 Å². The first-order chi connectivity index (χ1) is 7.47. The van der Waals surface area contributed by atoms with Gasteiger partial charge in [-0.3, -0.25) is 4.68 Å². The molecule has 0 radical (unpaired) electrons. The van der Waals surface area contributed by atoms with Crippen LogP contribution in [0.25, 0.3) is 0 Å². The van der Waals surface area contributed by atoms with Gasteiger partial charge in [0.2, 0.25) is 0 Å². The molecule has 3 heteroatoms. The monoisotopic (exact) mass is 224 g/mol. The summed E-state index contributed by atoms with van der Waals surface area (Å²) in [6, 6.07) is 0. The van der Waals surface area contributed by atoms with Crippen LogP contribution >= 0.6 is 0 Å². The van der Waals surface area contributed by atoms with Crippen LogP contribution in [0, 0.1) is 19.8 Å². The highest BCUT2D eigenvalue weighted by atomic mass is 16.3. The molecule has 1 unspecified atom stereocenters. The minimum Gasteiger partial charge on any atom is -0.388 e. The highest BCUT2D eigenvalue weighted by molar-refractivity contribution is 5.26. The fraction of sp³-hybridized carbons (Fsp3) is 0.769. The van der Waals surface area contributed by atoms with Gasteiger partial charge < -0.3 is 5.11 Å². The van der Waals surface area contributed by atoms with Crippen molar-refractivity contribution in [3.8, 4) is 0 Å². The lowest BCUT2D eigenvalue weighted by atomic mass is 10.1. The fourth-order valence-electron chi connectivity index (χ4n) is 2.00. The average Bonchev–Trinajstić information content (AvgIpc) is 2.50. The van der Waals surface area contributed by atoms with Crippen LogP contribution in [0.2, 0.25) is 0 Å². The molecule has 0 aliphatic rings. The van der Waals surface area contributed by atoms with Crippen LogP contribution in [0.5, 0.6) is 0 Å². The van der Waals surface area contributed by atoms with Gasteiger partial charge >= 0.3 is 0 Å². The van der Waals surface area contributed by atoms with Crippen LogP contribution in [-0.2, 0) is 6.54 Å². The SMILES string of the molecule is CCC(O)c1c(C)nn(CCC(C)C)c1C. The van der Waals surface area contributed by atoms with Gasteiger partial charge in [0.15, 0.2) is 0 Å². The molecule has 0 aliphatic carbocycles. The lowest BCUT2D eigenvalue weighted by Crippen LogP contribution is -2.06. The maximum Gasteiger partial charge on any atom is 0.0823 e. The van der Waals surface area contributed by atoms with Crippen molar-refractivity contribution in [2.24, 2.45) is 5.92 Å². The van der Waals surface area contributed by atoms with Gasteiger partial charge in [-0.1, -0.05) is 20.8 Å². The second-order valence-corrected chi connectivity index (χ2v) is 4.91. The van der Waals surface area contributed by atoms with Gasteiger partial charge in [0.25, 0.3) is 0 Å². The summed E-state index contributed by atoms with van der Waals surface area (Å²) in [7, 11) is 0. The van der Waals surface area contributed by atoms with Crippen molar-refractivity contribution in [3.05, 3.63) is 17.0 Å². The van der Waals surface area contributed by atoms with Crippen molar-refractivity contribution in [1.29, 1.82) is 0 Å². The second kappa shape index (κ2) is 5.48. The molecular weight excluding hydrogens is 200 g/mol. The van der Waals surface area contributed by atoms with Crippen LogP contribution in [0.3, 0.4) is 0 Å². The Morgan fingerprint density at radius 1 is 1.31 bits per heavy atom. The standard InChI is InChI=1S/C13H24N2O/c1-6-12(16)13-10(4)14-15(11(13)5)8-7-9(2)3/h9,12,16H,6-8H2,1-5H3. The molecule has 3 nitrogen and oxygen atoms in total. The van der Waals surface area contributed by atoms with E-state index in [9.17, 15) is 5.11 Å².